The number of carbonyl (C=O) groups is 2. The molecule has 0 aliphatic carbocycles. The third-order valence-corrected chi connectivity index (χ3v) is 6.98. The molecule has 7 heteroatoms. The van der Waals surface area contributed by atoms with Crippen LogP contribution in [0.5, 0.6) is 0 Å². The first kappa shape index (κ1) is 18.9. The molecule has 0 radical (unpaired) electrons. The second-order valence-electron chi connectivity index (χ2n) is 5.96. The van der Waals surface area contributed by atoms with Gasteiger partial charge in [0, 0.05) is 42.3 Å². The average Bonchev–Trinajstić information content (AvgIpc) is 2.60. The van der Waals surface area contributed by atoms with E-state index in [1.165, 1.54) is 0 Å². The van der Waals surface area contributed by atoms with Crippen LogP contribution in [0.2, 0.25) is 5.02 Å². The van der Waals surface area contributed by atoms with E-state index in [2.05, 4.69) is 0 Å². The zero-order valence-electron chi connectivity index (χ0n) is 13.7. The first-order chi connectivity index (χ1) is 11.3. The van der Waals surface area contributed by atoms with Crippen molar-refractivity contribution in [2.45, 2.75) is 37.9 Å². The Morgan fingerprint density at radius 2 is 1.71 bits per heavy atom. The van der Waals surface area contributed by atoms with Crippen molar-refractivity contribution in [3.8, 4) is 0 Å². The van der Waals surface area contributed by atoms with Gasteiger partial charge in [-0.2, -0.15) is 0 Å². The molecule has 0 spiro atoms. The molecule has 24 heavy (non-hydrogen) atoms. The van der Waals surface area contributed by atoms with E-state index in [9.17, 15) is 18.0 Å². The van der Waals surface area contributed by atoms with Crippen LogP contribution in [-0.4, -0.2) is 49.1 Å². The van der Waals surface area contributed by atoms with E-state index < -0.39 is 9.84 Å². The maximum atomic E-state index is 12.2. The number of halogens is 1. The average molecular weight is 372 g/mol. The van der Waals surface area contributed by atoms with E-state index in [1.807, 2.05) is 0 Å². The fourth-order valence-corrected chi connectivity index (χ4v) is 4.39. The second kappa shape index (κ2) is 8.12. The summed E-state index contributed by atoms with van der Waals surface area (Å²) in [6, 6.07) is 6.59. The zero-order valence-corrected chi connectivity index (χ0v) is 15.3. The van der Waals surface area contributed by atoms with Crippen LogP contribution in [0.15, 0.2) is 24.3 Å². The molecule has 0 bridgehead atoms. The lowest BCUT2D eigenvalue weighted by atomic mass is 10.1. The van der Waals surface area contributed by atoms with Crippen molar-refractivity contribution in [3.63, 3.8) is 0 Å². The Bertz CT molecular complexity index is 692. The third-order valence-electron chi connectivity index (χ3n) is 4.44. The third kappa shape index (κ3) is 4.80. The first-order valence-electron chi connectivity index (χ1n) is 8.11. The molecule has 0 aromatic heterocycles. The fourth-order valence-electron chi connectivity index (χ4n) is 2.86. The summed E-state index contributed by atoms with van der Waals surface area (Å²) in [4.78, 5) is 26.0. The molecule has 132 valence electrons. The number of hydrogen-bond acceptors (Lipinski definition) is 4. The Balaban J connectivity index is 1.81. The maximum absolute atomic E-state index is 12.2. The molecule has 1 aliphatic heterocycles. The number of hydrogen-bond donors (Lipinski definition) is 0. The van der Waals surface area contributed by atoms with Gasteiger partial charge in [-0.05, 0) is 37.1 Å². The molecular weight excluding hydrogens is 350 g/mol. The van der Waals surface area contributed by atoms with E-state index in [-0.39, 0.29) is 35.5 Å². The van der Waals surface area contributed by atoms with Gasteiger partial charge >= 0.3 is 0 Å². The van der Waals surface area contributed by atoms with E-state index in [4.69, 9.17) is 11.6 Å². The van der Waals surface area contributed by atoms with Gasteiger partial charge in [0.2, 0.25) is 5.91 Å². The molecule has 1 amide bonds. The number of benzene rings is 1. The summed E-state index contributed by atoms with van der Waals surface area (Å²) < 4.78 is 23.7. The molecule has 1 aromatic carbocycles. The highest BCUT2D eigenvalue weighted by atomic mass is 35.5. The summed E-state index contributed by atoms with van der Waals surface area (Å²) in [6.07, 6.45) is 1.25. The van der Waals surface area contributed by atoms with E-state index in [0.29, 0.717) is 36.5 Å². The highest BCUT2D eigenvalue weighted by Crippen LogP contribution is 2.20. The van der Waals surface area contributed by atoms with Crippen LogP contribution in [0, 0.1) is 0 Å². The predicted octanol–water partition coefficient (Wildman–Crippen LogP) is 2.73. The topological polar surface area (TPSA) is 71.5 Å². The van der Waals surface area contributed by atoms with Crippen LogP contribution in [0.1, 0.15) is 43.0 Å². The molecule has 2 rings (SSSR count). The van der Waals surface area contributed by atoms with Crippen molar-refractivity contribution in [3.05, 3.63) is 34.9 Å². The maximum Gasteiger partial charge on any atom is 0.223 e. The number of nitrogens with zero attached hydrogens (tertiary/aromatic N) is 1. The van der Waals surface area contributed by atoms with Crippen LogP contribution >= 0.6 is 11.6 Å². The Hall–Kier alpha value is -1.40. The number of ketones is 1. The largest absolute Gasteiger partial charge is 0.343 e. The zero-order chi connectivity index (χ0) is 17.7. The normalized spacial score (nSPS) is 16.2. The van der Waals surface area contributed by atoms with Crippen LogP contribution in [0.3, 0.4) is 0 Å². The predicted molar refractivity (Wildman–Crippen MR) is 94.1 cm³/mol. The lowest BCUT2D eigenvalue weighted by molar-refractivity contribution is -0.132. The molecule has 1 aromatic rings. The number of carbonyl (C=O) groups excluding carboxylic acids is 2. The standard InChI is InChI=1S/C17H22ClNO4S/c1-2-24(22,23)15-9-11-19(12-10-15)17(21)8-7-16(20)13-3-5-14(18)6-4-13/h3-6,15H,2,7-12H2,1H3. The summed E-state index contributed by atoms with van der Waals surface area (Å²) >= 11 is 5.78. The molecule has 1 fully saturated rings. The van der Waals surface area contributed by atoms with Gasteiger partial charge in [-0.25, -0.2) is 8.42 Å². The molecule has 0 N–H and O–H groups in total. The van der Waals surface area contributed by atoms with Crippen LogP contribution in [0.25, 0.3) is 0 Å². The molecule has 1 heterocycles. The minimum Gasteiger partial charge on any atom is -0.343 e. The fraction of sp³-hybridized carbons (Fsp3) is 0.529. The van der Waals surface area contributed by atoms with Crippen LogP contribution in [0.4, 0.5) is 0 Å². The molecule has 5 nitrogen and oxygen atoms in total. The smallest absolute Gasteiger partial charge is 0.223 e. The molecule has 1 aliphatic rings. The quantitative estimate of drug-likeness (QED) is 0.721. The van der Waals surface area contributed by atoms with Crippen molar-refractivity contribution < 1.29 is 18.0 Å². The Labute approximate surface area is 147 Å². The van der Waals surface area contributed by atoms with Crippen LogP contribution in [-0.2, 0) is 14.6 Å². The van der Waals surface area contributed by atoms with E-state index in [0.717, 1.165) is 0 Å². The van der Waals surface area contributed by atoms with Gasteiger partial charge in [0.1, 0.15) is 0 Å². The van der Waals surface area contributed by atoms with Gasteiger partial charge in [0.15, 0.2) is 15.6 Å². The number of Topliss-reactive ketones (excluding diaryl/α,β-unsaturated/α-hetero) is 1. The van der Waals surface area contributed by atoms with E-state index >= 15 is 0 Å². The van der Waals surface area contributed by atoms with Crippen molar-refractivity contribution >= 4 is 33.1 Å². The number of sulfone groups is 1. The number of amides is 1. The number of rotatable bonds is 6. The monoisotopic (exact) mass is 371 g/mol. The van der Waals surface area contributed by atoms with Crippen LogP contribution < -0.4 is 0 Å². The Morgan fingerprint density at radius 1 is 1.12 bits per heavy atom. The highest BCUT2D eigenvalue weighted by Gasteiger charge is 2.30. The summed E-state index contributed by atoms with van der Waals surface area (Å²) in [7, 11) is -3.04. The number of piperidine rings is 1. The van der Waals surface area contributed by atoms with Gasteiger partial charge in [0.25, 0.3) is 0 Å². The van der Waals surface area contributed by atoms with Gasteiger partial charge in [-0.1, -0.05) is 18.5 Å². The van der Waals surface area contributed by atoms with Gasteiger partial charge in [-0.15, -0.1) is 0 Å². The summed E-state index contributed by atoms with van der Waals surface area (Å²) in [5.74, 6) is -0.0468. The summed E-state index contributed by atoms with van der Waals surface area (Å²) in [5.41, 5.74) is 0.542. The van der Waals surface area contributed by atoms with E-state index in [1.54, 1.807) is 36.1 Å². The minimum atomic E-state index is -3.04. The second-order valence-corrected chi connectivity index (χ2v) is 8.97. The summed E-state index contributed by atoms with van der Waals surface area (Å²) in [6.45, 7) is 2.53. The molecule has 0 unspecified atom stereocenters. The molecule has 1 saturated heterocycles. The summed E-state index contributed by atoms with van der Waals surface area (Å²) in [5, 5.41) is 0.217. The van der Waals surface area contributed by atoms with Crippen molar-refractivity contribution in [1.29, 1.82) is 0 Å². The Kier molecular flexibility index (Phi) is 6.40. The van der Waals surface area contributed by atoms with Gasteiger partial charge in [0.05, 0.1) is 5.25 Å². The molecule has 0 atom stereocenters. The van der Waals surface area contributed by atoms with Gasteiger partial charge in [-0.3, -0.25) is 9.59 Å². The highest BCUT2D eigenvalue weighted by molar-refractivity contribution is 7.92. The minimum absolute atomic E-state index is 0.0929. The molecular formula is C17H22ClNO4S. The number of likely N-dealkylation sites (tertiary alicyclic amines) is 1. The molecule has 0 saturated carbocycles. The van der Waals surface area contributed by atoms with Crippen molar-refractivity contribution in [1.82, 2.24) is 4.90 Å². The van der Waals surface area contributed by atoms with Crippen molar-refractivity contribution in [2.75, 3.05) is 18.8 Å². The lowest BCUT2D eigenvalue weighted by Crippen LogP contribution is -2.42. The lowest BCUT2D eigenvalue weighted by Gasteiger charge is -2.31. The SMILES string of the molecule is CCS(=O)(=O)C1CCN(C(=O)CCC(=O)c2ccc(Cl)cc2)CC1. The van der Waals surface area contributed by atoms with Gasteiger partial charge < -0.3 is 4.90 Å². The Morgan fingerprint density at radius 3 is 2.25 bits per heavy atom. The first-order valence-corrected chi connectivity index (χ1v) is 10.2. The van der Waals surface area contributed by atoms with Crippen molar-refractivity contribution in [2.24, 2.45) is 0 Å².